The fourth-order valence-corrected chi connectivity index (χ4v) is 2.07. The van der Waals surface area contributed by atoms with Gasteiger partial charge in [-0.3, -0.25) is 20.4 Å². The summed E-state index contributed by atoms with van der Waals surface area (Å²) in [4.78, 5) is 27.4. The number of aromatic nitrogens is 1. The zero-order valence-corrected chi connectivity index (χ0v) is 13.4. The number of nitrogens with zero attached hydrogens (tertiary/aromatic N) is 1. The van der Waals surface area contributed by atoms with E-state index in [-0.39, 0.29) is 16.3 Å². The van der Waals surface area contributed by atoms with Gasteiger partial charge in [0.25, 0.3) is 11.8 Å². The molecule has 1 heterocycles. The number of benzene rings is 1. The fraction of sp³-hybridized carbons (Fsp3) is 0.133. The number of amides is 2. The summed E-state index contributed by atoms with van der Waals surface area (Å²) >= 11 is 5.49. The van der Waals surface area contributed by atoms with Crippen molar-refractivity contribution < 1.29 is 27.5 Å². The van der Waals surface area contributed by atoms with E-state index >= 15 is 0 Å². The predicted molar refractivity (Wildman–Crippen MR) is 82.2 cm³/mol. The van der Waals surface area contributed by atoms with Crippen LogP contribution in [0.4, 0.5) is 13.2 Å². The maximum Gasteiger partial charge on any atom is 0.418 e. The Labute approximate surface area is 144 Å². The number of ether oxygens (including phenoxy) is 1. The number of halogens is 4. The van der Waals surface area contributed by atoms with Gasteiger partial charge in [0.1, 0.15) is 11.4 Å². The smallest absolute Gasteiger partial charge is 0.418 e. The predicted octanol–water partition coefficient (Wildman–Crippen LogP) is 2.84. The highest BCUT2D eigenvalue weighted by Gasteiger charge is 2.36. The van der Waals surface area contributed by atoms with Crippen LogP contribution < -0.4 is 15.6 Å². The summed E-state index contributed by atoms with van der Waals surface area (Å²) in [5.74, 6) is -1.78. The molecule has 0 aliphatic heterocycles. The van der Waals surface area contributed by atoms with Crippen molar-refractivity contribution in [2.75, 3.05) is 7.11 Å². The first-order valence-electron chi connectivity index (χ1n) is 6.70. The van der Waals surface area contributed by atoms with Crippen LogP contribution in [0.1, 0.15) is 26.4 Å². The molecule has 1 aromatic carbocycles. The van der Waals surface area contributed by atoms with Gasteiger partial charge in [-0.05, 0) is 18.2 Å². The summed E-state index contributed by atoms with van der Waals surface area (Å²) in [7, 11) is 1.35. The molecule has 0 bridgehead atoms. The summed E-state index contributed by atoms with van der Waals surface area (Å²) in [5, 5.41) is -0.276. The van der Waals surface area contributed by atoms with Gasteiger partial charge in [0.15, 0.2) is 0 Å². The molecule has 0 spiro atoms. The van der Waals surface area contributed by atoms with Crippen molar-refractivity contribution in [3.8, 4) is 5.75 Å². The van der Waals surface area contributed by atoms with Crippen LogP contribution in [-0.4, -0.2) is 23.9 Å². The normalized spacial score (nSPS) is 10.9. The SMILES string of the molecule is COc1ccccc1C(=O)NNC(=O)c1ncc(Cl)cc1C(F)(F)F. The van der Waals surface area contributed by atoms with Crippen LogP contribution in [0.15, 0.2) is 36.5 Å². The minimum absolute atomic E-state index is 0.0883. The van der Waals surface area contributed by atoms with E-state index in [1.807, 2.05) is 10.9 Å². The van der Waals surface area contributed by atoms with Crippen molar-refractivity contribution in [1.29, 1.82) is 0 Å². The monoisotopic (exact) mass is 373 g/mol. The number of carbonyl (C=O) groups excluding carboxylic acids is 2. The largest absolute Gasteiger partial charge is 0.496 e. The zero-order chi connectivity index (χ0) is 18.6. The Bertz CT molecular complexity index is 812. The molecule has 2 rings (SSSR count). The standard InChI is InChI=1S/C15H11ClF3N3O3/c1-25-11-5-3-2-4-9(11)13(23)21-22-14(24)12-10(15(17,18)19)6-8(16)7-20-12/h2-7H,1H3,(H,21,23)(H,22,24). The number of methoxy groups -OCH3 is 1. The van der Waals surface area contributed by atoms with E-state index in [1.165, 1.54) is 19.2 Å². The van der Waals surface area contributed by atoms with E-state index < -0.39 is 29.2 Å². The summed E-state index contributed by atoms with van der Waals surface area (Å²) < 4.78 is 43.9. The van der Waals surface area contributed by atoms with Crippen LogP contribution in [0.25, 0.3) is 0 Å². The second-order valence-corrected chi connectivity index (χ2v) is 5.09. The Morgan fingerprint density at radius 2 is 1.80 bits per heavy atom. The number of carbonyl (C=O) groups is 2. The highest BCUT2D eigenvalue weighted by Crippen LogP contribution is 2.32. The first kappa shape index (κ1) is 18.5. The van der Waals surface area contributed by atoms with Crippen LogP contribution >= 0.6 is 11.6 Å². The lowest BCUT2D eigenvalue weighted by Gasteiger charge is -2.13. The van der Waals surface area contributed by atoms with Crippen molar-refractivity contribution in [3.05, 3.63) is 58.4 Å². The van der Waals surface area contributed by atoms with E-state index in [1.54, 1.807) is 12.1 Å². The number of alkyl halides is 3. The molecule has 2 amide bonds. The number of hydrogen-bond donors (Lipinski definition) is 2. The Hall–Kier alpha value is -2.81. The molecule has 2 aromatic rings. The lowest BCUT2D eigenvalue weighted by Crippen LogP contribution is -2.42. The Morgan fingerprint density at radius 3 is 2.44 bits per heavy atom. The first-order chi connectivity index (χ1) is 11.7. The third-order valence-electron chi connectivity index (χ3n) is 3.02. The maximum atomic E-state index is 13.0. The van der Waals surface area contributed by atoms with E-state index in [0.29, 0.717) is 6.07 Å². The van der Waals surface area contributed by atoms with E-state index in [4.69, 9.17) is 16.3 Å². The molecule has 2 N–H and O–H groups in total. The van der Waals surface area contributed by atoms with Gasteiger partial charge < -0.3 is 4.74 Å². The van der Waals surface area contributed by atoms with Gasteiger partial charge in [0.2, 0.25) is 0 Å². The molecule has 0 saturated heterocycles. The second kappa shape index (κ2) is 7.39. The summed E-state index contributed by atoms with van der Waals surface area (Å²) in [6.07, 6.45) is -3.94. The van der Waals surface area contributed by atoms with Crippen molar-refractivity contribution >= 4 is 23.4 Å². The number of hydrazine groups is 1. The first-order valence-corrected chi connectivity index (χ1v) is 7.08. The van der Waals surface area contributed by atoms with Crippen molar-refractivity contribution in [2.24, 2.45) is 0 Å². The minimum atomic E-state index is -4.84. The Kier molecular flexibility index (Phi) is 5.48. The van der Waals surface area contributed by atoms with E-state index in [2.05, 4.69) is 4.98 Å². The van der Waals surface area contributed by atoms with Gasteiger partial charge in [-0.25, -0.2) is 4.98 Å². The third kappa shape index (κ3) is 4.38. The van der Waals surface area contributed by atoms with Crippen LogP contribution in [0.3, 0.4) is 0 Å². The summed E-state index contributed by atoms with van der Waals surface area (Å²) in [5.41, 5.74) is 1.74. The summed E-state index contributed by atoms with van der Waals surface area (Å²) in [6, 6.07) is 6.69. The highest BCUT2D eigenvalue weighted by atomic mass is 35.5. The van der Waals surface area contributed by atoms with Crippen LogP contribution in [-0.2, 0) is 6.18 Å². The van der Waals surface area contributed by atoms with E-state index in [0.717, 1.165) is 6.20 Å². The second-order valence-electron chi connectivity index (χ2n) is 4.66. The van der Waals surface area contributed by atoms with E-state index in [9.17, 15) is 22.8 Å². The molecule has 10 heteroatoms. The molecule has 1 aromatic heterocycles. The molecule has 0 saturated carbocycles. The minimum Gasteiger partial charge on any atom is -0.496 e. The van der Waals surface area contributed by atoms with Crippen LogP contribution in [0, 0.1) is 0 Å². The molecule has 0 aliphatic rings. The van der Waals surface area contributed by atoms with Gasteiger partial charge in [0.05, 0.1) is 23.3 Å². The highest BCUT2D eigenvalue weighted by molar-refractivity contribution is 6.30. The molecule has 0 radical (unpaired) electrons. The van der Waals surface area contributed by atoms with Gasteiger partial charge in [-0.15, -0.1) is 0 Å². The topological polar surface area (TPSA) is 80.3 Å². The molecule has 0 atom stereocenters. The molecule has 0 fully saturated rings. The quantitative estimate of drug-likeness (QED) is 0.811. The van der Waals surface area contributed by atoms with Crippen molar-refractivity contribution in [3.63, 3.8) is 0 Å². The molecular formula is C15H11ClF3N3O3. The molecule has 0 unspecified atom stereocenters. The third-order valence-corrected chi connectivity index (χ3v) is 3.22. The Balaban J connectivity index is 2.17. The molecule has 6 nitrogen and oxygen atoms in total. The van der Waals surface area contributed by atoms with Gasteiger partial charge in [-0.1, -0.05) is 23.7 Å². The fourth-order valence-electron chi connectivity index (χ4n) is 1.91. The number of hydrogen-bond acceptors (Lipinski definition) is 4. The number of pyridine rings is 1. The van der Waals surface area contributed by atoms with Crippen LogP contribution in [0.2, 0.25) is 5.02 Å². The van der Waals surface area contributed by atoms with Crippen molar-refractivity contribution in [2.45, 2.75) is 6.18 Å². The average molecular weight is 374 g/mol. The average Bonchev–Trinajstić information content (AvgIpc) is 2.58. The lowest BCUT2D eigenvalue weighted by molar-refractivity contribution is -0.138. The maximum absolute atomic E-state index is 13.0. The van der Waals surface area contributed by atoms with Gasteiger partial charge in [-0.2, -0.15) is 13.2 Å². The van der Waals surface area contributed by atoms with Gasteiger partial charge in [0, 0.05) is 6.20 Å². The van der Waals surface area contributed by atoms with Gasteiger partial charge >= 0.3 is 6.18 Å². The lowest BCUT2D eigenvalue weighted by atomic mass is 10.2. The summed E-state index contributed by atoms with van der Waals surface area (Å²) in [6.45, 7) is 0. The van der Waals surface area contributed by atoms with Crippen molar-refractivity contribution in [1.82, 2.24) is 15.8 Å². The molecule has 25 heavy (non-hydrogen) atoms. The number of rotatable bonds is 3. The number of para-hydroxylation sites is 1. The Morgan fingerprint density at radius 1 is 1.16 bits per heavy atom. The zero-order valence-electron chi connectivity index (χ0n) is 12.6. The number of nitrogens with one attached hydrogen (secondary N) is 2. The molecule has 0 aliphatic carbocycles. The van der Waals surface area contributed by atoms with Crippen LogP contribution in [0.5, 0.6) is 5.75 Å². The molecular weight excluding hydrogens is 363 g/mol. The molecule has 132 valence electrons.